The van der Waals surface area contributed by atoms with Gasteiger partial charge in [0, 0.05) is 42.1 Å². The van der Waals surface area contributed by atoms with Gasteiger partial charge in [0.05, 0.1) is 11.9 Å². The number of para-hydroxylation sites is 1. The molecule has 0 atom stereocenters. The molecule has 0 fully saturated rings. The molecule has 0 bridgehead atoms. The number of carbonyl (C=O) groups is 1. The quantitative estimate of drug-likeness (QED) is 0.290. The van der Waals surface area contributed by atoms with Crippen LogP contribution >= 0.6 is 0 Å². The van der Waals surface area contributed by atoms with E-state index in [1.54, 1.807) is 18.3 Å². The zero-order valence-electron chi connectivity index (χ0n) is 20.5. The first-order valence-corrected chi connectivity index (χ1v) is 12.1. The molecule has 6 heteroatoms. The van der Waals surface area contributed by atoms with Crippen LogP contribution in [0.3, 0.4) is 0 Å². The van der Waals surface area contributed by atoms with Gasteiger partial charge in [-0.2, -0.15) is 5.10 Å². The van der Waals surface area contributed by atoms with Crippen molar-refractivity contribution in [2.24, 2.45) is 5.10 Å². The Hall–Kier alpha value is -4.03. The minimum atomic E-state index is -0.287. The summed E-state index contributed by atoms with van der Waals surface area (Å²) in [6.45, 7) is 6.66. The van der Waals surface area contributed by atoms with E-state index in [4.69, 9.17) is 0 Å². The van der Waals surface area contributed by atoms with Crippen LogP contribution in [0.15, 0.2) is 84.0 Å². The van der Waals surface area contributed by atoms with Crippen molar-refractivity contribution in [3.8, 4) is 5.69 Å². The fraction of sp³-hybridized carbons (Fsp3) is 0.200. The van der Waals surface area contributed by atoms with Crippen LogP contribution in [0.5, 0.6) is 0 Å². The van der Waals surface area contributed by atoms with Crippen LogP contribution in [0.1, 0.15) is 44.0 Å². The van der Waals surface area contributed by atoms with E-state index in [1.807, 2.05) is 54.8 Å². The van der Waals surface area contributed by atoms with E-state index in [0.717, 1.165) is 43.0 Å². The number of benzene rings is 3. The number of hydrogen-bond acceptors (Lipinski definition) is 3. The molecule has 3 aromatic carbocycles. The van der Waals surface area contributed by atoms with Crippen molar-refractivity contribution < 1.29 is 9.18 Å². The minimum absolute atomic E-state index is 0.271. The molecule has 5 nitrogen and oxygen atoms in total. The third-order valence-electron chi connectivity index (χ3n) is 6.77. The Morgan fingerprint density at radius 3 is 2.50 bits per heavy atom. The maximum Gasteiger partial charge on any atom is 0.271 e. The Labute approximate surface area is 210 Å². The summed E-state index contributed by atoms with van der Waals surface area (Å²) in [5, 5.41) is 4.15. The number of nitrogens with zero attached hydrogens (tertiary/aromatic N) is 3. The van der Waals surface area contributed by atoms with Crippen LogP contribution in [-0.2, 0) is 19.5 Å². The van der Waals surface area contributed by atoms with Gasteiger partial charge in [-0.3, -0.25) is 9.69 Å². The van der Waals surface area contributed by atoms with Gasteiger partial charge in [-0.1, -0.05) is 48.5 Å². The molecule has 0 radical (unpaired) electrons. The predicted octanol–water partition coefficient (Wildman–Crippen LogP) is 5.56. The van der Waals surface area contributed by atoms with Crippen LogP contribution in [0.25, 0.3) is 5.69 Å². The van der Waals surface area contributed by atoms with Gasteiger partial charge in [0.2, 0.25) is 0 Å². The van der Waals surface area contributed by atoms with Gasteiger partial charge in [0.25, 0.3) is 5.91 Å². The number of hydrogen-bond donors (Lipinski definition) is 1. The van der Waals surface area contributed by atoms with Gasteiger partial charge in [-0.15, -0.1) is 0 Å². The first-order valence-electron chi connectivity index (χ1n) is 12.1. The van der Waals surface area contributed by atoms with Crippen molar-refractivity contribution in [1.82, 2.24) is 14.9 Å². The molecule has 1 aliphatic rings. The molecule has 182 valence electrons. The highest BCUT2D eigenvalue weighted by molar-refractivity contribution is 5.95. The SMILES string of the molecule is Cc1cc(/C=N/NC(=O)c2ccc(CN3CCc4ccccc4C3)cc2)c(C)n1-c1ccccc1F. The Morgan fingerprint density at radius 1 is 1.00 bits per heavy atom. The number of fused-ring (bicyclic) bond motifs is 1. The fourth-order valence-electron chi connectivity index (χ4n) is 4.86. The maximum absolute atomic E-state index is 14.3. The molecule has 0 saturated heterocycles. The summed E-state index contributed by atoms with van der Waals surface area (Å²) in [5.74, 6) is -0.558. The number of amides is 1. The van der Waals surface area contributed by atoms with E-state index in [0.29, 0.717) is 11.3 Å². The van der Waals surface area contributed by atoms with E-state index in [9.17, 15) is 9.18 Å². The minimum Gasteiger partial charge on any atom is -0.315 e. The molecule has 0 unspecified atom stereocenters. The summed E-state index contributed by atoms with van der Waals surface area (Å²) >= 11 is 0. The number of carbonyl (C=O) groups excluding carboxylic acids is 1. The molecule has 5 rings (SSSR count). The molecular formula is C30H29FN4O. The highest BCUT2D eigenvalue weighted by atomic mass is 19.1. The number of nitrogens with one attached hydrogen (secondary N) is 1. The van der Waals surface area contributed by atoms with E-state index in [-0.39, 0.29) is 11.7 Å². The summed E-state index contributed by atoms with van der Waals surface area (Å²) < 4.78 is 16.1. The average molecular weight is 481 g/mol. The third kappa shape index (κ3) is 4.99. The molecule has 0 aliphatic carbocycles. The lowest BCUT2D eigenvalue weighted by Gasteiger charge is -2.28. The molecule has 2 heterocycles. The van der Waals surface area contributed by atoms with Crippen LogP contribution in [0, 0.1) is 19.7 Å². The molecule has 0 saturated carbocycles. The molecule has 1 amide bonds. The summed E-state index contributed by atoms with van der Waals surface area (Å²) in [6, 6.07) is 24.9. The second-order valence-electron chi connectivity index (χ2n) is 9.24. The average Bonchev–Trinajstić information content (AvgIpc) is 3.17. The Bertz CT molecular complexity index is 1420. The highest BCUT2D eigenvalue weighted by Crippen LogP contribution is 2.22. The van der Waals surface area contributed by atoms with Crippen LogP contribution in [0.2, 0.25) is 0 Å². The van der Waals surface area contributed by atoms with E-state index >= 15 is 0 Å². The lowest BCUT2D eigenvalue weighted by molar-refractivity contribution is 0.0955. The zero-order valence-corrected chi connectivity index (χ0v) is 20.5. The van der Waals surface area contributed by atoms with Crippen LogP contribution in [-0.4, -0.2) is 28.1 Å². The number of aryl methyl sites for hydroxylation is 1. The number of rotatable bonds is 6. The first-order chi connectivity index (χ1) is 17.5. The third-order valence-corrected chi connectivity index (χ3v) is 6.77. The normalized spacial score (nSPS) is 13.6. The van der Waals surface area contributed by atoms with Crippen molar-refractivity contribution in [2.75, 3.05) is 6.54 Å². The Balaban J connectivity index is 1.20. The van der Waals surface area contributed by atoms with Crippen LogP contribution in [0.4, 0.5) is 4.39 Å². The van der Waals surface area contributed by atoms with Crippen molar-refractivity contribution in [2.45, 2.75) is 33.4 Å². The monoisotopic (exact) mass is 480 g/mol. The van der Waals surface area contributed by atoms with Gasteiger partial charge in [0.1, 0.15) is 5.82 Å². The molecule has 4 aromatic rings. The van der Waals surface area contributed by atoms with Gasteiger partial charge in [-0.25, -0.2) is 9.82 Å². The summed E-state index contributed by atoms with van der Waals surface area (Å²) in [4.78, 5) is 15.0. The molecule has 1 aliphatic heterocycles. The van der Waals surface area contributed by atoms with Gasteiger partial charge in [-0.05, 0) is 67.3 Å². The van der Waals surface area contributed by atoms with E-state index < -0.39 is 0 Å². The lowest BCUT2D eigenvalue weighted by atomic mass is 9.99. The molecular weight excluding hydrogens is 451 g/mol. The molecule has 1 N–H and O–H groups in total. The summed E-state index contributed by atoms with van der Waals surface area (Å²) in [7, 11) is 0. The zero-order chi connectivity index (χ0) is 25.1. The summed E-state index contributed by atoms with van der Waals surface area (Å²) in [5.41, 5.74) is 10.2. The fourth-order valence-corrected chi connectivity index (χ4v) is 4.86. The van der Waals surface area contributed by atoms with E-state index in [2.05, 4.69) is 39.7 Å². The predicted molar refractivity (Wildman–Crippen MR) is 141 cm³/mol. The smallest absolute Gasteiger partial charge is 0.271 e. The molecule has 1 aromatic heterocycles. The summed E-state index contributed by atoms with van der Waals surface area (Å²) in [6.07, 6.45) is 2.66. The largest absolute Gasteiger partial charge is 0.315 e. The van der Waals surface area contributed by atoms with Crippen molar-refractivity contribution >= 4 is 12.1 Å². The Kier molecular flexibility index (Phi) is 6.78. The number of halogens is 1. The van der Waals surface area contributed by atoms with Crippen molar-refractivity contribution in [1.29, 1.82) is 0 Å². The van der Waals surface area contributed by atoms with Gasteiger partial charge in [0.15, 0.2) is 0 Å². The number of aromatic nitrogens is 1. The van der Waals surface area contributed by atoms with E-state index in [1.165, 1.54) is 22.8 Å². The highest BCUT2D eigenvalue weighted by Gasteiger charge is 2.16. The Morgan fingerprint density at radius 2 is 1.72 bits per heavy atom. The molecule has 36 heavy (non-hydrogen) atoms. The second kappa shape index (κ2) is 10.3. The van der Waals surface area contributed by atoms with Crippen LogP contribution < -0.4 is 5.43 Å². The van der Waals surface area contributed by atoms with Gasteiger partial charge < -0.3 is 4.57 Å². The molecule has 0 spiro atoms. The number of hydrazone groups is 1. The topological polar surface area (TPSA) is 49.6 Å². The maximum atomic E-state index is 14.3. The van der Waals surface area contributed by atoms with Crippen molar-refractivity contribution in [3.63, 3.8) is 0 Å². The lowest BCUT2D eigenvalue weighted by Crippen LogP contribution is -2.30. The second-order valence-corrected chi connectivity index (χ2v) is 9.24. The standard InChI is InChI=1S/C30H29FN4O/c1-21-17-27(22(2)35(21)29-10-6-5-9-28(29)31)18-32-33-30(36)25-13-11-23(12-14-25)19-34-16-15-24-7-3-4-8-26(24)20-34/h3-14,17-18H,15-16,19-20H2,1-2H3,(H,33,36)/b32-18+. The van der Waals surface area contributed by atoms with Crippen molar-refractivity contribution in [3.05, 3.63) is 124 Å². The first kappa shape index (κ1) is 23.7. The van der Waals surface area contributed by atoms with Gasteiger partial charge >= 0.3 is 0 Å².